The first-order chi connectivity index (χ1) is 15.6. The number of hydrogen-bond acceptors (Lipinski definition) is 8. The molecular formula is C23H25N5O4. The Morgan fingerprint density at radius 1 is 1.31 bits per heavy atom. The van der Waals surface area contributed by atoms with E-state index in [9.17, 15) is 4.79 Å². The van der Waals surface area contributed by atoms with Crippen molar-refractivity contribution in [2.45, 2.75) is 25.7 Å². The average molecular weight is 435 g/mol. The number of Topliss-reactive ketones (excluding diaryl/α,β-unsaturated/α-hetero) is 1. The Hall–Kier alpha value is -3.46. The van der Waals surface area contributed by atoms with Crippen LogP contribution in [0.1, 0.15) is 25.7 Å². The van der Waals surface area contributed by atoms with Crippen molar-refractivity contribution >= 4 is 28.2 Å². The van der Waals surface area contributed by atoms with E-state index < -0.39 is 0 Å². The van der Waals surface area contributed by atoms with Gasteiger partial charge in [0.05, 0.1) is 18.2 Å². The van der Waals surface area contributed by atoms with E-state index in [2.05, 4.69) is 15.1 Å². The molecule has 1 saturated carbocycles. The van der Waals surface area contributed by atoms with Crippen LogP contribution in [-0.4, -0.2) is 57.3 Å². The number of nitrogens with zero attached hydrogens (tertiary/aromatic N) is 5. The Labute approximate surface area is 184 Å². The van der Waals surface area contributed by atoms with Crippen molar-refractivity contribution in [2.75, 3.05) is 31.7 Å². The summed E-state index contributed by atoms with van der Waals surface area (Å²) < 4.78 is 13.7. The summed E-state index contributed by atoms with van der Waals surface area (Å²) in [6, 6.07) is 7.41. The zero-order valence-electron chi connectivity index (χ0n) is 17.9. The summed E-state index contributed by atoms with van der Waals surface area (Å²) in [6.07, 6.45) is 6.20. The second kappa shape index (κ2) is 8.58. The average Bonchev–Trinajstić information content (AvgIpc) is 3.52. The summed E-state index contributed by atoms with van der Waals surface area (Å²) in [6.45, 7) is 1.30. The molecule has 166 valence electrons. The number of rotatable bonds is 8. The third-order valence-electron chi connectivity index (χ3n) is 5.84. The summed E-state index contributed by atoms with van der Waals surface area (Å²) in [5.74, 6) is 2.47. The summed E-state index contributed by atoms with van der Waals surface area (Å²) in [7, 11) is 1.95. The van der Waals surface area contributed by atoms with Crippen LogP contribution in [0.15, 0.2) is 41.1 Å². The van der Waals surface area contributed by atoms with Gasteiger partial charge in [-0.2, -0.15) is 0 Å². The lowest BCUT2D eigenvalue weighted by molar-refractivity contribution is -0.117. The highest BCUT2D eigenvalue weighted by Crippen LogP contribution is 2.33. The van der Waals surface area contributed by atoms with Gasteiger partial charge in [0.25, 0.3) is 0 Å². The smallest absolute Gasteiger partial charge is 0.231 e. The number of furan rings is 1. The maximum atomic E-state index is 11.5. The number of imidazole rings is 1. The predicted octanol–water partition coefficient (Wildman–Crippen LogP) is 3.10. The molecule has 5 rings (SSSR count). The highest BCUT2D eigenvalue weighted by molar-refractivity contribution is 5.91. The van der Waals surface area contributed by atoms with Crippen molar-refractivity contribution in [2.24, 2.45) is 5.92 Å². The molecule has 32 heavy (non-hydrogen) atoms. The standard InChI is InChI=1S/C23H25N5O4/c1-27(9-2-10-29)23-17-12-20(32-19(17)7-8-24-23)18-13-25-21-5-6-22(26-28(18)21)31-14-15-3-4-16(30)11-15/h5-8,12-13,15,29H,2-4,9-11,14H2,1H3/t15-/m0/s1. The molecule has 1 atom stereocenters. The molecule has 4 aromatic rings. The summed E-state index contributed by atoms with van der Waals surface area (Å²) in [5, 5.41) is 14.6. The van der Waals surface area contributed by atoms with E-state index in [0.29, 0.717) is 66.8 Å². The number of anilines is 1. The molecule has 4 heterocycles. The number of fused-ring (bicyclic) bond motifs is 2. The van der Waals surface area contributed by atoms with Crippen LogP contribution in [0.3, 0.4) is 0 Å². The molecule has 1 aliphatic carbocycles. The number of aromatic nitrogens is 4. The minimum atomic E-state index is 0.131. The Morgan fingerprint density at radius 3 is 3.03 bits per heavy atom. The maximum Gasteiger partial charge on any atom is 0.231 e. The SMILES string of the molecule is CN(CCCO)c1nccc2oc(-c3cnc4ccc(OC[C@H]5CCC(=O)C5)nn34)cc12. The molecule has 9 heteroatoms. The van der Waals surface area contributed by atoms with Crippen molar-refractivity contribution in [1.82, 2.24) is 19.6 Å². The number of aliphatic hydroxyl groups is 1. The summed E-state index contributed by atoms with van der Waals surface area (Å²) in [4.78, 5) is 22.4. The van der Waals surface area contributed by atoms with E-state index in [1.165, 1.54) is 0 Å². The van der Waals surface area contributed by atoms with E-state index in [1.807, 2.05) is 30.1 Å². The molecule has 0 spiro atoms. The molecule has 1 aliphatic rings. The van der Waals surface area contributed by atoms with Gasteiger partial charge in [-0.3, -0.25) is 4.79 Å². The van der Waals surface area contributed by atoms with E-state index >= 15 is 0 Å². The van der Waals surface area contributed by atoms with Crippen LogP contribution in [0.2, 0.25) is 0 Å². The van der Waals surface area contributed by atoms with Crippen molar-refractivity contribution in [3.8, 4) is 17.3 Å². The highest BCUT2D eigenvalue weighted by Gasteiger charge is 2.23. The minimum absolute atomic E-state index is 0.131. The van der Waals surface area contributed by atoms with Gasteiger partial charge in [-0.1, -0.05) is 0 Å². The van der Waals surface area contributed by atoms with E-state index in [1.54, 1.807) is 23.0 Å². The van der Waals surface area contributed by atoms with Crippen molar-refractivity contribution in [3.05, 3.63) is 36.7 Å². The van der Waals surface area contributed by atoms with Crippen molar-refractivity contribution in [3.63, 3.8) is 0 Å². The lowest BCUT2D eigenvalue weighted by Gasteiger charge is -2.17. The molecule has 0 amide bonds. The Kier molecular flexibility index (Phi) is 5.48. The van der Waals surface area contributed by atoms with E-state index in [4.69, 9.17) is 14.3 Å². The molecular weight excluding hydrogens is 410 g/mol. The van der Waals surface area contributed by atoms with Gasteiger partial charge in [-0.25, -0.2) is 14.5 Å². The van der Waals surface area contributed by atoms with Gasteiger partial charge in [0.2, 0.25) is 5.88 Å². The van der Waals surface area contributed by atoms with Crippen LogP contribution in [0.5, 0.6) is 5.88 Å². The van der Waals surface area contributed by atoms with Gasteiger partial charge >= 0.3 is 0 Å². The highest BCUT2D eigenvalue weighted by atomic mass is 16.5. The third kappa shape index (κ3) is 3.91. The maximum absolute atomic E-state index is 11.5. The second-order valence-corrected chi connectivity index (χ2v) is 8.20. The number of pyridine rings is 1. The normalized spacial score (nSPS) is 16.3. The quantitative estimate of drug-likeness (QED) is 0.450. The largest absolute Gasteiger partial charge is 0.476 e. The molecule has 9 nitrogen and oxygen atoms in total. The number of ether oxygens (including phenoxy) is 1. The van der Waals surface area contributed by atoms with Crippen molar-refractivity contribution in [1.29, 1.82) is 0 Å². The first-order valence-corrected chi connectivity index (χ1v) is 10.8. The monoisotopic (exact) mass is 435 g/mol. The van der Waals surface area contributed by atoms with Gasteiger partial charge in [-0.15, -0.1) is 5.10 Å². The first kappa shape index (κ1) is 20.4. The van der Waals surface area contributed by atoms with Crippen LogP contribution in [-0.2, 0) is 4.79 Å². The van der Waals surface area contributed by atoms with Crippen LogP contribution in [0.25, 0.3) is 28.1 Å². The number of carbonyl (C=O) groups is 1. The van der Waals surface area contributed by atoms with Gasteiger partial charge in [0.1, 0.15) is 22.9 Å². The molecule has 0 unspecified atom stereocenters. The Bertz CT molecular complexity index is 1260. The molecule has 4 aromatic heterocycles. The van der Waals surface area contributed by atoms with E-state index in [0.717, 1.165) is 17.6 Å². The number of hydrogen-bond donors (Lipinski definition) is 1. The number of carbonyl (C=O) groups excluding carboxylic acids is 1. The predicted molar refractivity (Wildman–Crippen MR) is 119 cm³/mol. The fraction of sp³-hybridized carbons (Fsp3) is 0.391. The molecule has 0 radical (unpaired) electrons. The molecule has 1 N–H and O–H groups in total. The minimum Gasteiger partial charge on any atom is -0.476 e. The Morgan fingerprint density at radius 2 is 2.22 bits per heavy atom. The van der Waals surface area contributed by atoms with Gasteiger partial charge in [0, 0.05) is 51.2 Å². The molecule has 0 aromatic carbocycles. The van der Waals surface area contributed by atoms with E-state index in [-0.39, 0.29) is 12.5 Å². The fourth-order valence-electron chi connectivity index (χ4n) is 4.13. The molecule has 1 fully saturated rings. The van der Waals surface area contributed by atoms with Gasteiger partial charge < -0.3 is 19.2 Å². The molecule has 0 aliphatic heterocycles. The van der Waals surface area contributed by atoms with Crippen LogP contribution in [0, 0.1) is 5.92 Å². The molecule has 0 saturated heterocycles. The summed E-state index contributed by atoms with van der Waals surface area (Å²) in [5.41, 5.74) is 2.11. The van der Waals surface area contributed by atoms with Crippen molar-refractivity contribution < 1.29 is 19.1 Å². The first-order valence-electron chi connectivity index (χ1n) is 10.8. The lowest BCUT2D eigenvalue weighted by atomic mass is 10.1. The number of ketones is 1. The van der Waals surface area contributed by atoms with Gasteiger partial charge in [-0.05, 0) is 31.0 Å². The lowest BCUT2D eigenvalue weighted by Crippen LogP contribution is -2.20. The van der Waals surface area contributed by atoms with Crippen LogP contribution < -0.4 is 9.64 Å². The Balaban J connectivity index is 1.44. The topological polar surface area (TPSA) is 106 Å². The zero-order valence-corrected chi connectivity index (χ0v) is 17.9. The molecule has 0 bridgehead atoms. The third-order valence-corrected chi connectivity index (χ3v) is 5.84. The van der Waals surface area contributed by atoms with Crippen LogP contribution in [0.4, 0.5) is 5.82 Å². The second-order valence-electron chi connectivity index (χ2n) is 8.20. The number of aliphatic hydroxyl groups excluding tert-OH is 1. The summed E-state index contributed by atoms with van der Waals surface area (Å²) >= 11 is 0. The van der Waals surface area contributed by atoms with Crippen LogP contribution >= 0.6 is 0 Å². The zero-order chi connectivity index (χ0) is 22.1. The fourth-order valence-corrected chi connectivity index (χ4v) is 4.13. The van der Waals surface area contributed by atoms with Gasteiger partial charge in [0.15, 0.2) is 11.4 Å².